The molecule has 0 aliphatic rings. The minimum Gasteiger partial charge on any atom is -0.348 e. The molecule has 7 nitrogen and oxygen atoms in total. The smallest absolute Gasteiger partial charge is 0.270 e. The minimum atomic E-state index is -0.568. The quantitative estimate of drug-likeness (QED) is 0.560. The van der Waals surface area contributed by atoms with Crippen LogP contribution in [0.3, 0.4) is 0 Å². The van der Waals surface area contributed by atoms with Gasteiger partial charge in [-0.1, -0.05) is 29.8 Å². The zero-order chi connectivity index (χ0) is 17.8. The van der Waals surface area contributed by atoms with Crippen molar-refractivity contribution >= 4 is 23.2 Å². The van der Waals surface area contributed by atoms with Gasteiger partial charge in [-0.3, -0.25) is 14.9 Å². The van der Waals surface area contributed by atoms with Gasteiger partial charge in [-0.2, -0.15) is 0 Å². The van der Waals surface area contributed by atoms with Crippen molar-refractivity contribution in [1.29, 1.82) is 0 Å². The maximum absolute atomic E-state index is 12.4. The molecule has 0 fully saturated rings. The molecule has 0 bridgehead atoms. The Hall–Kier alpha value is -3.19. The average Bonchev–Trinajstić information content (AvgIpc) is 3.14. The highest BCUT2D eigenvalue weighted by Crippen LogP contribution is 2.22. The number of imidazole rings is 1. The number of benzene rings is 2. The van der Waals surface area contributed by atoms with Gasteiger partial charge in [0.15, 0.2) is 0 Å². The summed E-state index contributed by atoms with van der Waals surface area (Å²) in [5.41, 5.74) is 1.63. The number of hydrogen-bond donors (Lipinski definition) is 1. The maximum atomic E-state index is 12.4. The van der Waals surface area contributed by atoms with E-state index in [2.05, 4.69) is 10.3 Å². The van der Waals surface area contributed by atoms with Gasteiger partial charge < -0.3 is 9.88 Å². The first kappa shape index (κ1) is 16.7. The predicted molar refractivity (Wildman–Crippen MR) is 92.8 cm³/mol. The molecule has 0 aliphatic carbocycles. The van der Waals surface area contributed by atoms with Crippen molar-refractivity contribution < 1.29 is 9.72 Å². The number of non-ortho nitro benzene ring substituents is 1. The molecule has 0 unspecified atom stereocenters. The molecule has 3 rings (SSSR count). The Balaban J connectivity index is 1.80. The zero-order valence-electron chi connectivity index (χ0n) is 12.9. The number of rotatable bonds is 5. The summed E-state index contributed by atoms with van der Waals surface area (Å²) in [5, 5.41) is 13.8. The van der Waals surface area contributed by atoms with Crippen LogP contribution in [0, 0.1) is 10.1 Å². The molecule has 0 saturated heterocycles. The summed E-state index contributed by atoms with van der Waals surface area (Å²) >= 11 is 5.99. The molecule has 8 heteroatoms. The van der Waals surface area contributed by atoms with E-state index in [4.69, 9.17) is 11.6 Å². The monoisotopic (exact) mass is 356 g/mol. The summed E-state index contributed by atoms with van der Waals surface area (Å²) in [4.78, 5) is 26.7. The van der Waals surface area contributed by atoms with Crippen LogP contribution in [0.15, 0.2) is 61.2 Å². The molecule has 0 aliphatic heterocycles. The van der Waals surface area contributed by atoms with Gasteiger partial charge >= 0.3 is 0 Å². The second kappa shape index (κ2) is 7.14. The lowest BCUT2D eigenvalue weighted by atomic mass is 10.1. The fourth-order valence-corrected chi connectivity index (χ4v) is 2.59. The number of nitro groups is 1. The Labute approximate surface area is 148 Å². The van der Waals surface area contributed by atoms with Crippen molar-refractivity contribution in [1.82, 2.24) is 14.9 Å². The molecule has 0 atom stereocenters. The van der Waals surface area contributed by atoms with Gasteiger partial charge in [0, 0.05) is 31.1 Å². The molecule has 0 saturated carbocycles. The van der Waals surface area contributed by atoms with Crippen LogP contribution in [0.4, 0.5) is 5.69 Å². The van der Waals surface area contributed by atoms with Gasteiger partial charge in [-0.15, -0.1) is 0 Å². The van der Waals surface area contributed by atoms with Crippen molar-refractivity contribution in [3.05, 3.63) is 87.4 Å². The number of carbonyl (C=O) groups excluding carboxylic acids is 1. The number of carbonyl (C=O) groups is 1. The van der Waals surface area contributed by atoms with Crippen LogP contribution in [0.1, 0.15) is 15.9 Å². The third kappa shape index (κ3) is 3.67. The maximum Gasteiger partial charge on any atom is 0.270 e. The molecular formula is C17H13ClN4O3. The van der Waals surface area contributed by atoms with E-state index in [1.807, 2.05) is 28.8 Å². The van der Waals surface area contributed by atoms with Crippen LogP contribution in [-0.4, -0.2) is 20.4 Å². The number of nitro benzene ring substituents is 1. The molecule has 25 heavy (non-hydrogen) atoms. The highest BCUT2D eigenvalue weighted by atomic mass is 35.5. The number of aromatic nitrogens is 2. The summed E-state index contributed by atoms with van der Waals surface area (Å²) in [6, 6.07) is 11.3. The number of hydrogen-bond acceptors (Lipinski definition) is 4. The standard InChI is InChI=1S/C17H13ClN4O3/c18-15-6-5-13(22(24)25)9-14(15)17(23)20-10-12-3-1-2-4-16(12)21-8-7-19-11-21/h1-9,11H,10H2,(H,20,23). The molecule has 3 aromatic rings. The average molecular weight is 357 g/mol. The number of halogens is 1. The van der Waals surface area contributed by atoms with Gasteiger partial charge in [0.05, 0.1) is 27.5 Å². The molecule has 0 radical (unpaired) electrons. The highest BCUT2D eigenvalue weighted by Gasteiger charge is 2.16. The van der Waals surface area contributed by atoms with E-state index in [0.717, 1.165) is 11.3 Å². The molecule has 1 N–H and O–H groups in total. The fraction of sp³-hybridized carbons (Fsp3) is 0.0588. The van der Waals surface area contributed by atoms with Crippen molar-refractivity contribution in [3.63, 3.8) is 0 Å². The zero-order valence-corrected chi connectivity index (χ0v) is 13.7. The van der Waals surface area contributed by atoms with E-state index < -0.39 is 10.8 Å². The van der Waals surface area contributed by atoms with Crippen LogP contribution in [0.5, 0.6) is 0 Å². The first-order valence-corrected chi connectivity index (χ1v) is 7.72. The van der Waals surface area contributed by atoms with Crippen LogP contribution in [-0.2, 0) is 6.54 Å². The highest BCUT2D eigenvalue weighted by molar-refractivity contribution is 6.33. The van der Waals surface area contributed by atoms with Crippen molar-refractivity contribution in [3.8, 4) is 5.69 Å². The Bertz CT molecular complexity index is 925. The van der Waals surface area contributed by atoms with Crippen LogP contribution in [0.25, 0.3) is 5.69 Å². The third-order valence-electron chi connectivity index (χ3n) is 3.62. The molecule has 2 aromatic carbocycles. The normalized spacial score (nSPS) is 10.4. The van der Waals surface area contributed by atoms with E-state index in [9.17, 15) is 14.9 Å². The second-order valence-corrected chi connectivity index (χ2v) is 5.61. The largest absolute Gasteiger partial charge is 0.348 e. The van der Waals surface area contributed by atoms with Crippen molar-refractivity contribution in [2.75, 3.05) is 0 Å². The molecule has 0 spiro atoms. The van der Waals surface area contributed by atoms with Crippen LogP contribution < -0.4 is 5.32 Å². The van der Waals surface area contributed by atoms with Crippen molar-refractivity contribution in [2.24, 2.45) is 0 Å². The predicted octanol–water partition coefficient (Wildman–Crippen LogP) is 3.36. The van der Waals surface area contributed by atoms with E-state index >= 15 is 0 Å². The fourth-order valence-electron chi connectivity index (χ4n) is 2.39. The van der Waals surface area contributed by atoms with Crippen LogP contribution >= 0.6 is 11.6 Å². The second-order valence-electron chi connectivity index (χ2n) is 5.20. The summed E-state index contributed by atoms with van der Waals surface area (Å²) in [6.45, 7) is 0.242. The lowest BCUT2D eigenvalue weighted by molar-refractivity contribution is -0.384. The number of amides is 1. The van der Waals surface area contributed by atoms with Gasteiger partial charge in [-0.05, 0) is 17.7 Å². The van der Waals surface area contributed by atoms with Gasteiger partial charge in [0.2, 0.25) is 0 Å². The van der Waals surface area contributed by atoms with Gasteiger partial charge in [-0.25, -0.2) is 4.98 Å². The number of para-hydroxylation sites is 1. The van der Waals surface area contributed by atoms with Crippen molar-refractivity contribution in [2.45, 2.75) is 6.54 Å². The Morgan fingerprint density at radius 3 is 2.80 bits per heavy atom. The summed E-state index contributed by atoms with van der Waals surface area (Å²) in [5.74, 6) is -0.478. The SMILES string of the molecule is O=C(NCc1ccccc1-n1ccnc1)c1cc([N+](=O)[O-])ccc1Cl. The van der Waals surface area contributed by atoms with E-state index in [1.165, 1.54) is 18.2 Å². The molecule has 1 amide bonds. The molecule has 1 heterocycles. The number of nitrogens with zero attached hydrogens (tertiary/aromatic N) is 3. The third-order valence-corrected chi connectivity index (χ3v) is 3.95. The van der Waals surface area contributed by atoms with E-state index in [0.29, 0.717) is 0 Å². The number of nitrogens with one attached hydrogen (secondary N) is 1. The van der Waals surface area contributed by atoms with Crippen LogP contribution in [0.2, 0.25) is 5.02 Å². The summed E-state index contributed by atoms with van der Waals surface area (Å²) in [6.07, 6.45) is 5.13. The first-order valence-electron chi connectivity index (χ1n) is 7.34. The summed E-state index contributed by atoms with van der Waals surface area (Å²) < 4.78 is 1.84. The van der Waals surface area contributed by atoms with E-state index in [1.54, 1.807) is 18.7 Å². The lowest BCUT2D eigenvalue weighted by Crippen LogP contribution is -2.24. The Kier molecular flexibility index (Phi) is 4.76. The topological polar surface area (TPSA) is 90.1 Å². The Morgan fingerprint density at radius 2 is 2.08 bits per heavy atom. The summed E-state index contributed by atoms with van der Waals surface area (Å²) in [7, 11) is 0. The lowest BCUT2D eigenvalue weighted by Gasteiger charge is -2.11. The van der Waals surface area contributed by atoms with E-state index in [-0.39, 0.29) is 22.8 Å². The van der Waals surface area contributed by atoms with Gasteiger partial charge in [0.1, 0.15) is 0 Å². The van der Waals surface area contributed by atoms with Gasteiger partial charge in [0.25, 0.3) is 11.6 Å². The molecule has 126 valence electrons. The first-order chi connectivity index (χ1) is 12.1. The molecule has 1 aromatic heterocycles. The Morgan fingerprint density at radius 1 is 1.28 bits per heavy atom. The minimum absolute atomic E-state index is 0.0657. The molecular weight excluding hydrogens is 344 g/mol.